The molecule has 1 N–H and O–H groups in total. The Morgan fingerprint density at radius 2 is 1.23 bits per heavy atom. The number of Topliss-reactive ketones (excluding diaryl/α,β-unsaturated/α-hetero) is 1. The first-order valence-corrected chi connectivity index (χ1v) is 10.8. The van der Waals surface area contributed by atoms with Crippen molar-refractivity contribution in [3.63, 3.8) is 0 Å². The Bertz CT molecular complexity index is 374. The van der Waals surface area contributed by atoms with Gasteiger partial charge in [-0.1, -0.05) is 77.6 Å². The van der Waals surface area contributed by atoms with E-state index >= 15 is 0 Å². The highest BCUT2D eigenvalue weighted by Crippen LogP contribution is 2.13. The first-order chi connectivity index (χ1) is 12.3. The third-order valence-electron chi connectivity index (χ3n) is 4.49. The number of nitrogens with one attached hydrogen (secondary N) is 1. The molecule has 0 saturated carbocycles. The summed E-state index contributed by atoms with van der Waals surface area (Å²) in [6, 6.07) is -0.474. The average molecular weight is 370 g/mol. The molecule has 0 heterocycles. The highest BCUT2D eigenvalue weighted by Gasteiger charge is 2.20. The molecular formula is C22H43NO3. The number of ether oxygens (including phenoxy) is 1. The van der Waals surface area contributed by atoms with Crippen LogP contribution in [0.15, 0.2) is 0 Å². The molecule has 1 amide bonds. The Balaban J connectivity index is 3.52. The summed E-state index contributed by atoms with van der Waals surface area (Å²) in [6.45, 7) is 9.42. The highest BCUT2D eigenvalue weighted by molar-refractivity contribution is 5.86. The smallest absolute Gasteiger partial charge is 0.408 e. The fourth-order valence-electron chi connectivity index (χ4n) is 2.92. The minimum atomic E-state index is -0.539. The summed E-state index contributed by atoms with van der Waals surface area (Å²) in [5.41, 5.74) is -0.539. The molecule has 0 aromatic rings. The molecule has 26 heavy (non-hydrogen) atoms. The SMILES string of the molecule is CCCCCCCCCCCCCCC(=O)C(C)NC(=O)OC(C)(C)C. The third kappa shape index (κ3) is 16.4. The van der Waals surface area contributed by atoms with E-state index in [1.165, 1.54) is 64.2 Å². The van der Waals surface area contributed by atoms with Crippen molar-refractivity contribution in [1.82, 2.24) is 5.32 Å². The fourth-order valence-corrected chi connectivity index (χ4v) is 2.92. The zero-order chi connectivity index (χ0) is 19.8. The predicted octanol–water partition coefficient (Wildman–Crippen LogP) is 6.56. The van der Waals surface area contributed by atoms with E-state index in [0.717, 1.165) is 12.8 Å². The number of rotatable bonds is 15. The average Bonchev–Trinajstić information content (AvgIpc) is 2.53. The summed E-state index contributed by atoms with van der Waals surface area (Å²) in [5, 5.41) is 2.62. The van der Waals surface area contributed by atoms with E-state index in [-0.39, 0.29) is 5.78 Å². The van der Waals surface area contributed by atoms with E-state index in [2.05, 4.69) is 12.2 Å². The minimum absolute atomic E-state index is 0.0861. The van der Waals surface area contributed by atoms with Gasteiger partial charge in [-0.25, -0.2) is 4.79 Å². The largest absolute Gasteiger partial charge is 0.444 e. The number of hydrogen-bond acceptors (Lipinski definition) is 3. The second-order valence-corrected chi connectivity index (χ2v) is 8.47. The van der Waals surface area contributed by atoms with Crippen molar-refractivity contribution in [2.24, 2.45) is 0 Å². The normalized spacial score (nSPS) is 12.7. The molecule has 1 unspecified atom stereocenters. The van der Waals surface area contributed by atoms with Crippen molar-refractivity contribution < 1.29 is 14.3 Å². The molecule has 0 aliphatic rings. The lowest BCUT2D eigenvalue weighted by atomic mass is 10.0. The van der Waals surface area contributed by atoms with Gasteiger partial charge in [-0.3, -0.25) is 4.79 Å². The lowest BCUT2D eigenvalue weighted by Gasteiger charge is -2.21. The quantitative estimate of drug-likeness (QED) is 0.332. The number of carbonyl (C=O) groups excluding carboxylic acids is 2. The number of ketones is 1. The van der Waals surface area contributed by atoms with E-state index < -0.39 is 17.7 Å². The van der Waals surface area contributed by atoms with Gasteiger partial charge in [0.25, 0.3) is 0 Å². The maximum absolute atomic E-state index is 12.1. The predicted molar refractivity (Wildman–Crippen MR) is 110 cm³/mol. The highest BCUT2D eigenvalue weighted by atomic mass is 16.6. The van der Waals surface area contributed by atoms with Gasteiger partial charge >= 0.3 is 6.09 Å². The zero-order valence-corrected chi connectivity index (χ0v) is 18.0. The summed E-state index contributed by atoms with van der Waals surface area (Å²) in [6.07, 6.45) is 15.4. The Kier molecular flexibility index (Phi) is 14.4. The van der Waals surface area contributed by atoms with E-state index in [1.54, 1.807) is 6.92 Å². The van der Waals surface area contributed by atoms with Gasteiger partial charge in [0, 0.05) is 6.42 Å². The van der Waals surface area contributed by atoms with E-state index in [9.17, 15) is 9.59 Å². The van der Waals surface area contributed by atoms with Gasteiger partial charge in [0.2, 0.25) is 0 Å². The van der Waals surface area contributed by atoms with Crippen molar-refractivity contribution in [2.75, 3.05) is 0 Å². The number of unbranched alkanes of at least 4 members (excludes halogenated alkanes) is 11. The van der Waals surface area contributed by atoms with Gasteiger partial charge in [0.1, 0.15) is 5.60 Å². The van der Waals surface area contributed by atoms with Gasteiger partial charge in [0.15, 0.2) is 5.78 Å². The summed E-state index contributed by atoms with van der Waals surface area (Å²) in [5.74, 6) is 0.0861. The van der Waals surface area contributed by atoms with Gasteiger partial charge in [-0.15, -0.1) is 0 Å². The monoisotopic (exact) mass is 369 g/mol. The Morgan fingerprint density at radius 3 is 1.65 bits per heavy atom. The van der Waals surface area contributed by atoms with Crippen LogP contribution in [0.1, 0.15) is 118 Å². The number of carbonyl (C=O) groups is 2. The number of amides is 1. The Morgan fingerprint density at radius 1 is 0.808 bits per heavy atom. The molecule has 0 aromatic carbocycles. The fraction of sp³-hybridized carbons (Fsp3) is 0.909. The summed E-state index contributed by atoms with van der Waals surface area (Å²) in [4.78, 5) is 23.7. The van der Waals surface area contributed by atoms with Crippen LogP contribution >= 0.6 is 0 Å². The molecule has 0 aliphatic heterocycles. The molecule has 0 aliphatic carbocycles. The second-order valence-electron chi connectivity index (χ2n) is 8.47. The summed E-state index contributed by atoms with van der Waals surface area (Å²) < 4.78 is 5.17. The topological polar surface area (TPSA) is 55.4 Å². The molecule has 4 nitrogen and oxygen atoms in total. The van der Waals surface area contributed by atoms with Gasteiger partial charge in [-0.05, 0) is 34.1 Å². The van der Waals surface area contributed by atoms with Crippen LogP contribution in [0.4, 0.5) is 4.79 Å². The van der Waals surface area contributed by atoms with Crippen molar-refractivity contribution in [3.05, 3.63) is 0 Å². The molecular weight excluding hydrogens is 326 g/mol. The molecule has 0 fully saturated rings. The Hall–Kier alpha value is -1.06. The van der Waals surface area contributed by atoms with Crippen molar-refractivity contribution in [3.8, 4) is 0 Å². The van der Waals surface area contributed by atoms with Gasteiger partial charge < -0.3 is 10.1 Å². The molecule has 0 saturated heterocycles. The van der Waals surface area contributed by atoms with Crippen LogP contribution in [0.25, 0.3) is 0 Å². The van der Waals surface area contributed by atoms with E-state index in [1.807, 2.05) is 20.8 Å². The maximum atomic E-state index is 12.1. The Labute approximate surface area is 161 Å². The molecule has 0 rings (SSSR count). The van der Waals surface area contributed by atoms with Crippen molar-refractivity contribution in [1.29, 1.82) is 0 Å². The molecule has 0 radical (unpaired) electrons. The first-order valence-electron chi connectivity index (χ1n) is 10.8. The minimum Gasteiger partial charge on any atom is -0.444 e. The van der Waals surface area contributed by atoms with Crippen LogP contribution in [0, 0.1) is 0 Å². The third-order valence-corrected chi connectivity index (χ3v) is 4.49. The van der Waals surface area contributed by atoms with Gasteiger partial charge in [0.05, 0.1) is 6.04 Å². The zero-order valence-electron chi connectivity index (χ0n) is 18.0. The van der Waals surface area contributed by atoms with Crippen molar-refractivity contribution >= 4 is 11.9 Å². The molecule has 0 aromatic heterocycles. The van der Waals surface area contributed by atoms with Crippen LogP contribution in [-0.4, -0.2) is 23.5 Å². The van der Waals surface area contributed by atoms with Crippen LogP contribution in [-0.2, 0) is 9.53 Å². The molecule has 4 heteroatoms. The standard InChI is InChI=1S/C22H43NO3/c1-6-7-8-9-10-11-12-13-14-15-16-17-18-20(24)19(2)23-21(25)26-22(3,4)5/h19H,6-18H2,1-5H3,(H,23,25). The lowest BCUT2D eigenvalue weighted by Crippen LogP contribution is -2.41. The van der Waals surface area contributed by atoms with Crippen LogP contribution in [0.2, 0.25) is 0 Å². The van der Waals surface area contributed by atoms with E-state index in [0.29, 0.717) is 6.42 Å². The van der Waals surface area contributed by atoms with Crippen molar-refractivity contribution in [2.45, 2.75) is 130 Å². The number of hydrogen-bond donors (Lipinski definition) is 1. The molecule has 1 atom stereocenters. The molecule has 0 spiro atoms. The molecule has 154 valence electrons. The lowest BCUT2D eigenvalue weighted by molar-refractivity contribution is -0.120. The summed E-state index contributed by atoms with van der Waals surface area (Å²) >= 11 is 0. The van der Waals surface area contributed by atoms with Crippen LogP contribution < -0.4 is 5.32 Å². The number of alkyl carbamates (subject to hydrolysis) is 1. The summed E-state index contributed by atoms with van der Waals surface area (Å²) in [7, 11) is 0. The van der Waals surface area contributed by atoms with Crippen LogP contribution in [0.3, 0.4) is 0 Å². The second kappa shape index (κ2) is 15.0. The van der Waals surface area contributed by atoms with E-state index in [4.69, 9.17) is 4.74 Å². The van der Waals surface area contributed by atoms with Gasteiger partial charge in [-0.2, -0.15) is 0 Å². The maximum Gasteiger partial charge on any atom is 0.408 e. The van der Waals surface area contributed by atoms with Crippen LogP contribution in [0.5, 0.6) is 0 Å². The molecule has 0 bridgehead atoms. The first kappa shape index (κ1) is 24.9.